The molecule has 1 aromatic carbocycles. The Morgan fingerprint density at radius 2 is 2.25 bits per heavy atom. The van der Waals surface area contributed by atoms with Crippen LogP contribution in [0.3, 0.4) is 0 Å². The van der Waals surface area contributed by atoms with Crippen molar-refractivity contribution in [1.82, 2.24) is 0 Å². The molecule has 0 N–H and O–H groups in total. The first kappa shape index (κ1) is 5.49. The second-order valence-corrected chi connectivity index (χ2v) is 2.37. The van der Waals surface area contributed by atoms with Gasteiger partial charge in [-0.05, 0) is 0 Å². The molecule has 0 aliphatic rings. The third-order valence-electron chi connectivity index (χ3n) is 1.36. The summed E-state index contributed by atoms with van der Waals surface area (Å²) in [5, 5.41) is 0. The molecule has 0 saturated carbocycles. The average Bonchev–Trinajstić information content (AvgIpc) is 2.12. The number of rotatable bonds is 1. The van der Waals surface area contributed by atoms with Crippen LogP contribution in [0.15, 0.2) is 24.3 Å². The van der Waals surface area contributed by atoms with E-state index in [-0.39, 0.29) is 0 Å². The molecule has 0 amide bonds. The van der Waals surface area contributed by atoms with Crippen LogP contribution in [0.25, 0.3) is 0 Å². The molecule has 0 spiro atoms. The third-order valence-corrected chi connectivity index (χ3v) is 1.36. The first-order valence-electron chi connectivity index (χ1n) is 3.02. The van der Waals surface area contributed by atoms with Crippen LogP contribution < -0.4 is 0 Å². The van der Waals surface area contributed by atoms with Crippen LogP contribution in [-0.2, 0) is 0 Å². The zero-order valence-corrected chi connectivity index (χ0v) is 5.39. The monoisotopic (exact) mass is 107 g/mol. The third kappa shape index (κ3) is 0.945. The van der Waals surface area contributed by atoms with Gasteiger partial charge < -0.3 is 0 Å². The predicted octanol–water partition coefficient (Wildman–Crippen LogP) is 2.53. The van der Waals surface area contributed by atoms with Gasteiger partial charge in [-0.1, -0.05) is 19.8 Å². The van der Waals surface area contributed by atoms with Crippen molar-refractivity contribution in [1.29, 1.82) is 0 Å². The van der Waals surface area contributed by atoms with Crippen molar-refractivity contribution in [3.05, 3.63) is 29.8 Å². The van der Waals surface area contributed by atoms with Crippen molar-refractivity contribution in [2.75, 3.05) is 0 Å². The van der Waals surface area contributed by atoms with E-state index in [1.165, 1.54) is 5.56 Å². The molecule has 1 rings (SSSR count). The van der Waals surface area contributed by atoms with Crippen molar-refractivity contribution < 1.29 is 0 Å². The van der Waals surface area contributed by atoms with Crippen LogP contribution in [0.4, 0.5) is 0 Å². The van der Waals surface area contributed by atoms with Gasteiger partial charge in [-0.3, -0.25) is 0 Å². The molecule has 0 heterocycles. The molecular weight excluding hydrogens is 96.1 g/mol. The Bertz CT molecular complexity index is 135. The standard InChI is InChI=1S/C8H11/c1-7(2)8-5-3-4-6-8/h3-7H,1-2H3/q-1. The maximum absolute atomic E-state index is 2.20. The highest BCUT2D eigenvalue weighted by Gasteiger charge is 1.85. The summed E-state index contributed by atoms with van der Waals surface area (Å²) >= 11 is 0. The van der Waals surface area contributed by atoms with Gasteiger partial charge in [0.2, 0.25) is 0 Å². The first-order chi connectivity index (χ1) is 3.80. The zero-order chi connectivity index (χ0) is 5.98. The molecule has 1 aromatic rings. The van der Waals surface area contributed by atoms with Crippen LogP contribution in [0, 0.1) is 0 Å². The van der Waals surface area contributed by atoms with Gasteiger partial charge >= 0.3 is 0 Å². The molecule has 0 heteroatoms. The summed E-state index contributed by atoms with van der Waals surface area (Å²) in [5.74, 6) is 0.685. The topological polar surface area (TPSA) is 0 Å². The van der Waals surface area contributed by atoms with Gasteiger partial charge in [0.15, 0.2) is 0 Å². The van der Waals surface area contributed by atoms with Crippen LogP contribution in [0.2, 0.25) is 0 Å². The molecule has 0 radical (unpaired) electrons. The molecule has 0 bridgehead atoms. The van der Waals surface area contributed by atoms with E-state index in [4.69, 9.17) is 0 Å². The fraction of sp³-hybridized carbons (Fsp3) is 0.375. The second kappa shape index (κ2) is 2.08. The summed E-state index contributed by atoms with van der Waals surface area (Å²) < 4.78 is 0. The van der Waals surface area contributed by atoms with Gasteiger partial charge in [0.1, 0.15) is 0 Å². The van der Waals surface area contributed by atoms with E-state index >= 15 is 0 Å². The molecule has 8 heavy (non-hydrogen) atoms. The normalized spacial score (nSPS) is 10.4. The lowest BCUT2D eigenvalue weighted by Gasteiger charge is -2.05. The second-order valence-electron chi connectivity index (χ2n) is 2.37. The highest BCUT2D eigenvalue weighted by atomic mass is 14.0. The van der Waals surface area contributed by atoms with Crippen LogP contribution >= 0.6 is 0 Å². The van der Waals surface area contributed by atoms with E-state index < -0.39 is 0 Å². The Hall–Kier alpha value is -0.650. The van der Waals surface area contributed by atoms with Gasteiger partial charge in [0.05, 0.1) is 0 Å². The predicted molar refractivity (Wildman–Crippen MR) is 36.1 cm³/mol. The molecule has 0 aromatic heterocycles. The molecule has 0 atom stereocenters. The molecular formula is C8H11-. The lowest BCUT2D eigenvalue weighted by molar-refractivity contribution is 0.871. The van der Waals surface area contributed by atoms with Crippen LogP contribution in [0.1, 0.15) is 25.3 Å². The molecule has 0 aliphatic heterocycles. The van der Waals surface area contributed by atoms with Crippen molar-refractivity contribution in [2.24, 2.45) is 0 Å². The van der Waals surface area contributed by atoms with E-state index in [9.17, 15) is 0 Å². The summed E-state index contributed by atoms with van der Waals surface area (Å²) in [6, 6.07) is 8.47. The van der Waals surface area contributed by atoms with Gasteiger partial charge in [-0.2, -0.15) is 23.8 Å². The van der Waals surface area contributed by atoms with Gasteiger partial charge in [-0.25, -0.2) is 6.07 Å². The Balaban J connectivity index is 2.77. The lowest BCUT2D eigenvalue weighted by Crippen LogP contribution is -1.79. The van der Waals surface area contributed by atoms with Gasteiger partial charge in [0.25, 0.3) is 0 Å². The molecule has 0 unspecified atom stereocenters. The molecule has 0 nitrogen and oxygen atoms in total. The fourth-order valence-electron chi connectivity index (χ4n) is 0.774. The maximum atomic E-state index is 2.20. The summed E-state index contributed by atoms with van der Waals surface area (Å²) in [6.45, 7) is 4.41. The first-order valence-corrected chi connectivity index (χ1v) is 3.02. The fourth-order valence-corrected chi connectivity index (χ4v) is 0.774. The van der Waals surface area contributed by atoms with E-state index in [1.807, 2.05) is 0 Å². The van der Waals surface area contributed by atoms with Crippen LogP contribution in [0.5, 0.6) is 0 Å². The minimum absolute atomic E-state index is 0.685. The van der Waals surface area contributed by atoms with Crippen LogP contribution in [-0.4, -0.2) is 0 Å². The Labute approximate surface area is 50.5 Å². The smallest absolute Gasteiger partial charge is 0.0703 e. The minimum Gasteiger partial charge on any atom is -0.210 e. The quantitative estimate of drug-likeness (QED) is 0.484. The van der Waals surface area contributed by atoms with E-state index in [0.29, 0.717) is 5.92 Å². The van der Waals surface area contributed by atoms with E-state index in [2.05, 4.69) is 38.1 Å². The highest BCUT2D eigenvalue weighted by molar-refractivity contribution is 5.19. The Kier molecular flexibility index (Phi) is 1.43. The summed E-state index contributed by atoms with van der Waals surface area (Å²) in [4.78, 5) is 0. The summed E-state index contributed by atoms with van der Waals surface area (Å²) in [6.07, 6.45) is 0. The molecule has 0 saturated heterocycles. The van der Waals surface area contributed by atoms with Crippen molar-refractivity contribution >= 4 is 0 Å². The minimum atomic E-state index is 0.685. The summed E-state index contributed by atoms with van der Waals surface area (Å²) in [5.41, 5.74) is 1.44. The molecule has 44 valence electrons. The van der Waals surface area contributed by atoms with E-state index in [0.717, 1.165) is 0 Å². The Morgan fingerprint density at radius 1 is 1.50 bits per heavy atom. The maximum Gasteiger partial charge on any atom is -0.0703 e. The van der Waals surface area contributed by atoms with Crippen molar-refractivity contribution in [2.45, 2.75) is 19.8 Å². The molecule has 0 aliphatic carbocycles. The largest absolute Gasteiger partial charge is 0.210 e. The van der Waals surface area contributed by atoms with E-state index in [1.54, 1.807) is 0 Å². The lowest BCUT2D eigenvalue weighted by atomic mass is 10.1. The SMILES string of the molecule is CC(C)c1cc[cH-]c1. The van der Waals surface area contributed by atoms with Gasteiger partial charge in [0, 0.05) is 0 Å². The zero-order valence-electron chi connectivity index (χ0n) is 5.39. The van der Waals surface area contributed by atoms with Gasteiger partial charge in [-0.15, -0.1) is 0 Å². The van der Waals surface area contributed by atoms with Crippen molar-refractivity contribution in [3.63, 3.8) is 0 Å². The summed E-state index contributed by atoms with van der Waals surface area (Å²) in [7, 11) is 0. The Morgan fingerprint density at radius 3 is 2.50 bits per heavy atom. The number of hydrogen-bond acceptors (Lipinski definition) is 0. The average molecular weight is 107 g/mol. The molecule has 0 fully saturated rings. The van der Waals surface area contributed by atoms with Crippen molar-refractivity contribution in [3.8, 4) is 0 Å². The highest BCUT2D eigenvalue weighted by Crippen LogP contribution is 2.12. The number of hydrogen-bond donors (Lipinski definition) is 0.